The zero-order valence-electron chi connectivity index (χ0n) is 77.7. The first-order chi connectivity index (χ1) is 65.4. The lowest BCUT2D eigenvalue weighted by Gasteiger charge is -2.36. The van der Waals surface area contributed by atoms with Crippen molar-refractivity contribution in [1.29, 1.82) is 5.41 Å². The highest BCUT2D eigenvalue weighted by molar-refractivity contribution is 8.00. The Balaban J connectivity index is 1.02. The molecule has 45 heteroatoms. The number of para-hydroxylation sites is 2. The molecule has 0 unspecified atom stereocenters. The molecule has 0 bridgehead atoms. The van der Waals surface area contributed by atoms with Crippen molar-refractivity contribution in [2.75, 3.05) is 64.9 Å². The van der Waals surface area contributed by atoms with Crippen molar-refractivity contribution in [3.63, 3.8) is 0 Å². The molecule has 6 aromatic rings. The van der Waals surface area contributed by atoms with Gasteiger partial charge in [-0.15, -0.1) is 11.8 Å². The molecule has 44 nitrogen and oxygen atoms in total. The Hall–Kier alpha value is -13.7. The van der Waals surface area contributed by atoms with Gasteiger partial charge in [0.05, 0.1) is 37.8 Å². The van der Waals surface area contributed by atoms with Crippen LogP contribution in [-0.4, -0.2) is 322 Å². The van der Waals surface area contributed by atoms with E-state index in [0.717, 1.165) is 31.4 Å². The van der Waals surface area contributed by atoms with Gasteiger partial charge in [0.1, 0.15) is 90.3 Å². The van der Waals surface area contributed by atoms with Crippen LogP contribution in [0.4, 0.5) is 0 Å². The van der Waals surface area contributed by atoms with Gasteiger partial charge in [0.2, 0.25) is 100 Å². The Kier molecular flexibility index (Phi) is 38.6. The third kappa shape index (κ3) is 28.9. The van der Waals surface area contributed by atoms with E-state index >= 15 is 52.7 Å². The normalized spacial score (nSPS) is 25.0. The van der Waals surface area contributed by atoms with Crippen LogP contribution >= 0.6 is 11.8 Å². The van der Waals surface area contributed by atoms with E-state index in [9.17, 15) is 44.1 Å². The van der Waals surface area contributed by atoms with Crippen molar-refractivity contribution < 1.29 is 96.8 Å². The van der Waals surface area contributed by atoms with E-state index in [4.69, 9.17) is 22.6 Å². The van der Waals surface area contributed by atoms with E-state index in [2.05, 4.69) is 78.4 Å². The maximum atomic E-state index is 15.8. The van der Waals surface area contributed by atoms with Gasteiger partial charge in [-0.2, -0.15) is 0 Å². The molecule has 0 radical (unpaired) electrons. The molecular formula is C92H128N24O20S. The number of primary amides is 2. The van der Waals surface area contributed by atoms with Crippen LogP contribution in [0.2, 0.25) is 0 Å². The summed E-state index contributed by atoms with van der Waals surface area (Å²) in [6, 6.07) is -1.90. The number of aliphatic hydroxyl groups excluding tert-OH is 2. The molecule has 3 aromatic heterocycles. The average Bonchev–Trinajstić information content (AvgIpc) is 1.67. The standard InChI is InChI=1S/C92H128N24O20S/c1-7-9-23-70-83(128)104-61(22-15-31-98-92(95)96)79(124)111-69(78(123)101-44-76(94)121)47-137-48-77(122)103-65(35-51-27-29-55(118)30-28-51)88(133)114-32-17-26-72(114)85(130)109-67(40-75(93)120)89(134)115-33-16-25-71(115)84(129)106-63(38-54-43-97-49-102-54)81(126)107-64(34-50(3)4)90(135)116-45-56(119)39-74(116)86(131)105-62(36-52-41-99-59-20-13-11-18-57(52)59)80(125)110-68(46-117)82(127)108-66(37-53-42-100-60-21-14-12-19-58(53)60)87(132)113(6)73(24-10-8-2)91(136)112(70)5/h11-14,18-21,27-30,41-43,49-50,56,61-74,99-100,117-119H,7-10,15-17,22-26,31-40,44-48H2,1-6H3,(H2,93,120)(H2,94,121)(H,97,102)(H,101,123)(H,103,122)(H,104,128)(H,105,131)(H,106,129)(H,107,126)(H,108,127)(H,109,130)(H,110,125)(H,111,124)(H4,95,96,98)/t56-,61-,62-,63-,64-,65-,66-,67-,68-,69-,70-,71-,72-,73-,74-/m0/s1. The minimum atomic E-state index is -1.89. The Morgan fingerprint density at radius 2 is 1.04 bits per heavy atom. The van der Waals surface area contributed by atoms with Gasteiger partial charge >= 0.3 is 0 Å². The predicted molar refractivity (Wildman–Crippen MR) is 502 cm³/mol. The third-order valence-corrected chi connectivity index (χ3v) is 25.9. The van der Waals surface area contributed by atoms with E-state index < -0.39 is 241 Å². The molecule has 3 aromatic carbocycles. The van der Waals surface area contributed by atoms with Crippen molar-refractivity contribution in [3.05, 3.63) is 120 Å². The van der Waals surface area contributed by atoms with Gasteiger partial charge in [-0.25, -0.2) is 4.98 Å². The molecule has 4 aliphatic rings. The summed E-state index contributed by atoms with van der Waals surface area (Å²) in [6.45, 7) is 4.70. The number of amides is 17. The highest BCUT2D eigenvalue weighted by Crippen LogP contribution is 2.29. The first-order valence-corrected chi connectivity index (χ1v) is 47.4. The Morgan fingerprint density at radius 1 is 0.533 bits per heavy atom. The fourth-order valence-corrected chi connectivity index (χ4v) is 18.5. The van der Waals surface area contributed by atoms with Crippen LogP contribution in [-0.2, 0) is 107 Å². The second kappa shape index (κ2) is 50.2. The molecule has 17 amide bonds. The van der Waals surface area contributed by atoms with E-state index in [1.54, 1.807) is 74.8 Å². The third-order valence-electron chi connectivity index (χ3n) is 24.9. The van der Waals surface area contributed by atoms with Crippen molar-refractivity contribution >= 4 is 140 Å². The van der Waals surface area contributed by atoms with Gasteiger partial charge in [0, 0.05) is 124 Å². The number of phenolic OH excluding ortho intramolecular Hbond substituents is 1. The summed E-state index contributed by atoms with van der Waals surface area (Å²) >= 11 is 0.778. The molecule has 4 aliphatic heterocycles. The van der Waals surface area contributed by atoms with Gasteiger partial charge in [-0.1, -0.05) is 102 Å². The van der Waals surface area contributed by atoms with Crippen LogP contribution in [0.15, 0.2) is 97.7 Å². The zero-order chi connectivity index (χ0) is 99.4. The van der Waals surface area contributed by atoms with E-state index in [1.807, 2.05) is 13.8 Å². The van der Waals surface area contributed by atoms with Crippen molar-refractivity contribution in [2.24, 2.45) is 23.1 Å². The molecule has 15 atom stereocenters. The number of aromatic hydroxyl groups is 1. The fourth-order valence-electron chi connectivity index (χ4n) is 17.7. The Morgan fingerprint density at radius 3 is 1.61 bits per heavy atom. The Labute approximate surface area is 795 Å². The number of nitrogens with zero attached hydrogens (tertiary/aromatic N) is 6. The number of unbranched alkanes of at least 4 members (excludes halogenated alkanes) is 2. The number of hydrogen-bond acceptors (Lipinski definition) is 23. The summed E-state index contributed by atoms with van der Waals surface area (Å²) in [7, 11) is 2.69. The summed E-state index contributed by atoms with van der Waals surface area (Å²) in [6.07, 6.45) is 3.99. The number of aromatic amines is 3. The molecular weight excluding hydrogens is 1790 g/mol. The largest absolute Gasteiger partial charge is 0.508 e. The maximum Gasteiger partial charge on any atom is 0.246 e. The van der Waals surface area contributed by atoms with Crippen molar-refractivity contribution in [3.8, 4) is 5.75 Å². The maximum absolute atomic E-state index is 15.8. The SMILES string of the molecule is CCCC[C@H]1C(=O)N(C)[C@@H](CCCC)C(=O)N[C@@H](CCCNC(=N)N)C(=O)N[C@H](C(=O)NCC(N)=O)CSCC(=O)N[C@@H](Cc2ccc(O)cc2)C(=O)N2CCC[C@H]2C(=O)N[C@@H](CC(N)=O)C(=O)N2CCC[C@H]2C(=O)N[C@@H](Cc2cnc[nH]2)C(=O)N[C@@H](CC(C)C)C(=O)N2C[C@@H](O)C[C@H]2C(=O)N[C@@H](Cc2c[nH]c3ccccc23)C(=O)N[C@@H](CO)C(=O)N[C@@H](Cc2c[nH]c3ccccc23)C(=O)N1C. The summed E-state index contributed by atoms with van der Waals surface area (Å²) in [5.41, 5.74) is 19.9. The quantitative estimate of drug-likeness (QED) is 0.0148. The molecule has 0 saturated carbocycles. The van der Waals surface area contributed by atoms with Gasteiger partial charge < -0.3 is 130 Å². The molecule has 4 fully saturated rings. The smallest absolute Gasteiger partial charge is 0.246 e. The van der Waals surface area contributed by atoms with Crippen LogP contribution < -0.4 is 75.7 Å². The number of benzene rings is 3. The lowest BCUT2D eigenvalue weighted by molar-refractivity contribution is -0.149. The molecule has 4 saturated heterocycles. The number of guanidine groups is 1. The number of carbonyl (C=O) groups excluding carboxylic acids is 17. The number of rotatable bonds is 26. The number of aromatic nitrogens is 4. The topological polar surface area (TPSA) is 662 Å². The summed E-state index contributed by atoms with van der Waals surface area (Å²) in [5.74, 6) is -17.7. The number of H-pyrrole nitrogens is 3. The summed E-state index contributed by atoms with van der Waals surface area (Å²) < 4.78 is 0. The van der Waals surface area contributed by atoms with Crippen LogP contribution in [0.5, 0.6) is 5.75 Å². The molecule has 0 aliphatic carbocycles. The number of hydrogen-bond donors (Lipinski definition) is 21. The monoisotopic (exact) mass is 1920 g/mol. The van der Waals surface area contributed by atoms with Gasteiger partial charge in [-0.3, -0.25) is 86.9 Å². The number of nitrogens with two attached hydrogens (primary N) is 3. The van der Waals surface area contributed by atoms with Crippen LogP contribution in [0.3, 0.4) is 0 Å². The highest BCUT2D eigenvalue weighted by Gasteiger charge is 2.48. The molecule has 7 heterocycles. The first kappa shape index (κ1) is 105. The number of phenols is 1. The van der Waals surface area contributed by atoms with Gasteiger partial charge in [0.25, 0.3) is 0 Å². The van der Waals surface area contributed by atoms with Crippen LogP contribution in [0.25, 0.3) is 21.8 Å². The van der Waals surface area contributed by atoms with Crippen molar-refractivity contribution in [1.82, 2.24) is 103 Å². The van der Waals surface area contributed by atoms with Gasteiger partial charge in [-0.05, 0) is 105 Å². The minimum Gasteiger partial charge on any atom is -0.508 e. The predicted octanol–water partition coefficient (Wildman–Crippen LogP) is -2.78. The first-order valence-electron chi connectivity index (χ1n) is 46.3. The average molecular weight is 1920 g/mol. The molecule has 0 spiro atoms. The van der Waals surface area contributed by atoms with Crippen LogP contribution in [0, 0.1) is 11.3 Å². The fraction of sp³-hybridized carbons (Fsp3) is 0.533. The van der Waals surface area contributed by atoms with Crippen LogP contribution in [0.1, 0.15) is 146 Å². The number of aliphatic hydroxyl groups is 2. The molecule has 137 heavy (non-hydrogen) atoms. The molecule has 742 valence electrons. The lowest BCUT2D eigenvalue weighted by Crippen LogP contribution is -2.62. The summed E-state index contributed by atoms with van der Waals surface area (Å²) in [4.78, 5) is 271. The van der Waals surface area contributed by atoms with E-state index in [1.165, 1.54) is 55.8 Å². The number of likely N-dealkylation sites (N-methyl/N-ethyl adjacent to an activating group) is 2. The minimum absolute atomic E-state index is 0.00107. The second-order valence-corrected chi connectivity index (χ2v) is 36.6. The van der Waals surface area contributed by atoms with E-state index in [-0.39, 0.29) is 115 Å². The molecule has 10 rings (SSSR count). The zero-order valence-corrected chi connectivity index (χ0v) is 78.5. The second-order valence-electron chi connectivity index (χ2n) is 35.5. The van der Waals surface area contributed by atoms with Gasteiger partial charge in [0.15, 0.2) is 5.96 Å². The lowest BCUT2D eigenvalue weighted by atomic mass is 10.00. The number of fused-ring (bicyclic) bond motifs is 5. The van der Waals surface area contributed by atoms with E-state index in [0.29, 0.717) is 69.9 Å². The number of nitrogens with one attached hydrogen (secondary N) is 15. The highest BCUT2D eigenvalue weighted by atomic mass is 32.2. The number of thioether (sulfide) groups is 1. The number of carbonyl (C=O) groups is 17. The summed E-state index contributed by atoms with van der Waals surface area (Å²) in [5, 5.41) is 71.4. The molecule has 24 N–H and O–H groups in total. The number of imidazole rings is 1. The Bertz CT molecular complexity index is 5300. The van der Waals surface area contributed by atoms with Crippen molar-refractivity contribution in [2.45, 2.75) is 240 Å².